The maximum absolute atomic E-state index is 3.04. The molecule has 52 heavy (non-hydrogen) atoms. The van der Waals surface area contributed by atoms with Gasteiger partial charge in [-0.1, -0.05) is 0 Å². The van der Waals surface area contributed by atoms with E-state index < -0.39 is 16.6 Å². The molecule has 0 spiro atoms. The van der Waals surface area contributed by atoms with E-state index in [2.05, 4.69) is 163 Å². The summed E-state index contributed by atoms with van der Waals surface area (Å²) in [6.07, 6.45) is 5.15. The molecule has 0 nitrogen and oxygen atoms in total. The Hall–Kier alpha value is -3.97. The molecule has 8 bridgehead atoms. The van der Waals surface area contributed by atoms with Crippen LogP contribution in [-0.4, -0.2) is 0 Å². The van der Waals surface area contributed by atoms with E-state index in [1.54, 1.807) is 33.4 Å². The first-order valence-electron chi connectivity index (χ1n) is 20.0. The van der Waals surface area contributed by atoms with Crippen LogP contribution in [0.1, 0.15) is 120 Å². The number of unbranched alkanes of at least 4 members (excludes halogenated alkanes) is 2. The fourth-order valence-electron chi connectivity index (χ4n) is 11.5. The Morgan fingerprint density at radius 2 is 0.904 bits per heavy atom. The molecule has 0 saturated carbocycles. The van der Waals surface area contributed by atoms with Crippen LogP contribution < -0.4 is 0 Å². The molecule has 2 unspecified atom stereocenters. The van der Waals surface area contributed by atoms with E-state index in [-0.39, 0.29) is 5.41 Å². The number of benzene rings is 6. The van der Waals surface area contributed by atoms with Crippen LogP contribution in [0.15, 0.2) is 132 Å². The van der Waals surface area contributed by atoms with E-state index in [9.17, 15) is 0 Å². The van der Waals surface area contributed by atoms with Crippen LogP contribution in [0.25, 0.3) is 32.7 Å². The summed E-state index contributed by atoms with van der Waals surface area (Å²) in [4.78, 5) is 0. The molecule has 0 radical (unpaired) electrons. The fraction of sp³-hybridized carbons (Fsp3) is 0.294. The van der Waals surface area contributed by atoms with Gasteiger partial charge in [0.2, 0.25) is 0 Å². The van der Waals surface area contributed by atoms with Crippen molar-refractivity contribution in [3.63, 3.8) is 0 Å². The van der Waals surface area contributed by atoms with Crippen molar-refractivity contribution in [3.8, 4) is 0 Å². The van der Waals surface area contributed by atoms with Gasteiger partial charge in [-0.2, -0.15) is 0 Å². The molecular weight excluding hydrogens is 660 g/mol. The molecule has 0 aromatic heterocycles. The van der Waals surface area contributed by atoms with Crippen LogP contribution in [0, 0.1) is 0 Å². The summed E-state index contributed by atoms with van der Waals surface area (Å²) < 4.78 is 3.84. The first-order valence-corrected chi connectivity index (χ1v) is 24.0. The normalized spacial score (nSPS) is 19.6. The first-order chi connectivity index (χ1) is 25.3. The average molecular weight is 713 g/mol. The third-order valence-corrected chi connectivity index (χ3v) is 23.5. The van der Waals surface area contributed by atoms with Gasteiger partial charge in [0.25, 0.3) is 0 Å². The summed E-state index contributed by atoms with van der Waals surface area (Å²) in [6, 6.07) is 47.2. The summed E-state index contributed by atoms with van der Waals surface area (Å²) in [5, 5.41) is 5.44. The minimum atomic E-state index is -3.04. The summed E-state index contributed by atoms with van der Waals surface area (Å²) >= 11 is -3.04. The number of allylic oxidation sites excluding steroid dienone is 2. The van der Waals surface area contributed by atoms with Crippen molar-refractivity contribution < 1.29 is 16.6 Å². The van der Waals surface area contributed by atoms with Gasteiger partial charge in [-0.3, -0.25) is 0 Å². The van der Waals surface area contributed by atoms with Gasteiger partial charge in [0.05, 0.1) is 0 Å². The van der Waals surface area contributed by atoms with Gasteiger partial charge >= 0.3 is 317 Å². The van der Waals surface area contributed by atoms with E-state index in [0.29, 0.717) is 8.45 Å². The molecule has 0 fully saturated rings. The zero-order chi connectivity index (χ0) is 35.8. The van der Waals surface area contributed by atoms with Crippen molar-refractivity contribution in [2.45, 2.75) is 90.5 Å². The van der Waals surface area contributed by atoms with Gasteiger partial charge in [0.1, 0.15) is 0 Å². The van der Waals surface area contributed by atoms with Crippen molar-refractivity contribution in [1.29, 1.82) is 0 Å². The molecule has 3 aliphatic rings. The van der Waals surface area contributed by atoms with Crippen LogP contribution in [0.4, 0.5) is 0 Å². The van der Waals surface area contributed by atoms with Crippen molar-refractivity contribution >= 4 is 32.7 Å². The van der Waals surface area contributed by atoms with Crippen LogP contribution in [0.3, 0.4) is 0 Å². The average Bonchev–Trinajstić information content (AvgIpc) is 3.64. The van der Waals surface area contributed by atoms with Gasteiger partial charge in [-0.25, -0.2) is 0 Å². The monoisotopic (exact) mass is 712 g/mol. The minimum absolute atomic E-state index is 0.216. The fourth-order valence-corrected chi connectivity index (χ4v) is 23.2. The molecule has 1 heterocycles. The van der Waals surface area contributed by atoms with Gasteiger partial charge in [0, 0.05) is 0 Å². The second kappa shape index (κ2) is 12.9. The van der Waals surface area contributed by atoms with Gasteiger partial charge in [-0.15, -0.1) is 0 Å². The van der Waals surface area contributed by atoms with E-state index in [0.717, 1.165) is 0 Å². The number of rotatable bonds is 8. The standard InChI is InChI=1S/C43H34.2C4H9.Ti/c1-27-25-31-17-11-23-37(41(31)39(27)35-21-9-15-29-13-5-7-19-33(29)35)43(3,4)38-24-12-18-32-26-28(2)40(42(32)38)36-22-10-16-30-14-6-8-20-34(30)36;2*1-3-4-2;/h5-26H,1-4H3;2*1,3-4H2,2H3;. The zero-order valence-electron chi connectivity index (χ0n) is 31.9. The molecule has 0 N–H and O–H groups in total. The first kappa shape index (κ1) is 33.8. The summed E-state index contributed by atoms with van der Waals surface area (Å²) in [5.74, 6) is 0. The van der Waals surface area contributed by atoms with E-state index in [1.165, 1.54) is 90.1 Å². The molecule has 1 aliphatic heterocycles. The van der Waals surface area contributed by atoms with Crippen LogP contribution in [0.5, 0.6) is 0 Å². The Morgan fingerprint density at radius 1 is 0.500 bits per heavy atom. The van der Waals surface area contributed by atoms with Crippen molar-refractivity contribution in [2.75, 3.05) is 0 Å². The molecule has 0 amide bonds. The summed E-state index contributed by atoms with van der Waals surface area (Å²) in [5.41, 5.74) is 18.4. The zero-order valence-corrected chi connectivity index (χ0v) is 33.5. The molecule has 2 aliphatic carbocycles. The Morgan fingerprint density at radius 3 is 1.35 bits per heavy atom. The second-order valence-electron chi connectivity index (χ2n) is 16.6. The molecule has 260 valence electrons. The van der Waals surface area contributed by atoms with Crippen molar-refractivity contribution in [2.24, 2.45) is 0 Å². The summed E-state index contributed by atoms with van der Waals surface area (Å²) in [7, 11) is 0. The second-order valence-corrected chi connectivity index (χ2v) is 23.9. The molecule has 6 aromatic rings. The predicted molar refractivity (Wildman–Crippen MR) is 221 cm³/mol. The Balaban J connectivity index is 1.45. The molecule has 1 heteroatoms. The van der Waals surface area contributed by atoms with Crippen LogP contribution in [-0.2, 0) is 22.0 Å². The molecule has 0 saturated heterocycles. The SMILES string of the molecule is CCC[CH2][Ti]1([CH2]CCC)[CH]2C(C)=C(c3cccc4ccccc34)c3c2cccc3C(C)(C)c2cccc3c2C(c2cccc4ccccc24)=C(C)[CH]31. The van der Waals surface area contributed by atoms with Gasteiger partial charge in [-0.05, 0) is 0 Å². The number of hydrogen-bond acceptors (Lipinski definition) is 0. The Kier molecular flexibility index (Phi) is 8.37. The van der Waals surface area contributed by atoms with Gasteiger partial charge < -0.3 is 0 Å². The van der Waals surface area contributed by atoms with E-state index in [1.807, 2.05) is 0 Å². The molecule has 9 rings (SSSR count). The number of hydrogen-bond donors (Lipinski definition) is 0. The van der Waals surface area contributed by atoms with Crippen molar-refractivity contribution in [1.82, 2.24) is 0 Å². The van der Waals surface area contributed by atoms with Crippen molar-refractivity contribution in [3.05, 3.63) is 177 Å². The van der Waals surface area contributed by atoms with E-state index >= 15 is 0 Å². The molecule has 6 aromatic carbocycles. The Bertz CT molecular complexity index is 2270. The molecular formula is C51H52Ti. The maximum atomic E-state index is 2.58. The third kappa shape index (κ3) is 4.76. The quantitative estimate of drug-likeness (QED) is 0.138. The third-order valence-electron chi connectivity index (χ3n) is 13.6. The van der Waals surface area contributed by atoms with E-state index in [4.69, 9.17) is 0 Å². The van der Waals surface area contributed by atoms with Crippen LogP contribution in [0.2, 0.25) is 9.45 Å². The molecule has 2 atom stereocenters. The van der Waals surface area contributed by atoms with Crippen LogP contribution >= 0.6 is 0 Å². The van der Waals surface area contributed by atoms with Gasteiger partial charge in [0.15, 0.2) is 0 Å². The Labute approximate surface area is 315 Å². The number of fused-ring (bicyclic) bond motifs is 2. The topological polar surface area (TPSA) is 0 Å². The summed E-state index contributed by atoms with van der Waals surface area (Å²) in [6.45, 7) is 15.0. The predicted octanol–water partition coefficient (Wildman–Crippen LogP) is 14.7.